The molecular formula is C29H48O2. The Morgan fingerprint density at radius 2 is 1.71 bits per heavy atom. The predicted octanol–water partition coefficient (Wildman–Crippen LogP) is 7.77. The summed E-state index contributed by atoms with van der Waals surface area (Å²) in [5.41, 5.74) is 2.67. The number of ether oxygens (including phenoxy) is 2. The molecule has 0 amide bonds. The Kier molecular flexibility index (Phi) is 5.91. The summed E-state index contributed by atoms with van der Waals surface area (Å²) in [5, 5.41) is 0. The van der Waals surface area contributed by atoms with E-state index in [0.717, 1.165) is 61.6 Å². The van der Waals surface area contributed by atoms with Crippen LogP contribution in [-0.4, -0.2) is 19.0 Å². The minimum Gasteiger partial charge on any atom is -0.347 e. The first-order valence-electron chi connectivity index (χ1n) is 13.7. The monoisotopic (exact) mass is 428 g/mol. The number of fused-ring (bicyclic) bond motifs is 5. The van der Waals surface area contributed by atoms with Gasteiger partial charge < -0.3 is 9.47 Å². The normalized spacial score (nSPS) is 44.6. The van der Waals surface area contributed by atoms with Gasteiger partial charge in [-0.25, -0.2) is 0 Å². The second kappa shape index (κ2) is 8.15. The van der Waals surface area contributed by atoms with Crippen molar-refractivity contribution in [1.82, 2.24) is 0 Å². The lowest BCUT2D eigenvalue weighted by Gasteiger charge is -2.59. The maximum Gasteiger partial charge on any atom is 0.172 e. The number of hydrogen-bond donors (Lipinski definition) is 0. The standard InChI is InChI=1S/C29H48O2/c1-20(2)7-6-8-21(3)24-11-12-25-23-10-9-22-19-29(30-17-18-31-29)16-15-27(22,4)26(23)13-14-28(24,25)5/h9,20-21,23-26H,6-8,10-19H2,1-5H3/t21-,23-,24+,25-,26-,27+,28+/m1/s1. The van der Waals surface area contributed by atoms with Crippen molar-refractivity contribution in [3.05, 3.63) is 11.6 Å². The molecule has 2 nitrogen and oxygen atoms in total. The summed E-state index contributed by atoms with van der Waals surface area (Å²) in [6, 6.07) is 0. The van der Waals surface area contributed by atoms with Crippen LogP contribution in [0.3, 0.4) is 0 Å². The van der Waals surface area contributed by atoms with Gasteiger partial charge in [-0.1, -0.05) is 65.5 Å². The second-order valence-corrected chi connectivity index (χ2v) is 13.1. The summed E-state index contributed by atoms with van der Waals surface area (Å²) >= 11 is 0. The van der Waals surface area contributed by atoms with Gasteiger partial charge in [-0.15, -0.1) is 0 Å². The van der Waals surface area contributed by atoms with E-state index in [1.807, 2.05) is 0 Å². The van der Waals surface area contributed by atoms with Crippen molar-refractivity contribution < 1.29 is 9.47 Å². The first-order valence-corrected chi connectivity index (χ1v) is 13.7. The van der Waals surface area contributed by atoms with Gasteiger partial charge in [0.05, 0.1) is 13.2 Å². The molecule has 0 N–H and O–H groups in total. The van der Waals surface area contributed by atoms with Crippen LogP contribution in [0.1, 0.15) is 105 Å². The molecule has 0 radical (unpaired) electrons. The zero-order valence-electron chi connectivity index (χ0n) is 21.1. The Morgan fingerprint density at radius 1 is 0.935 bits per heavy atom. The third-order valence-corrected chi connectivity index (χ3v) is 11.1. The lowest BCUT2D eigenvalue weighted by molar-refractivity contribution is -0.185. The molecule has 5 aliphatic rings. The average Bonchev–Trinajstić information content (AvgIpc) is 3.32. The van der Waals surface area contributed by atoms with E-state index >= 15 is 0 Å². The molecule has 3 saturated carbocycles. The quantitative estimate of drug-likeness (QED) is 0.416. The highest BCUT2D eigenvalue weighted by Crippen LogP contribution is 2.68. The van der Waals surface area contributed by atoms with Crippen molar-refractivity contribution >= 4 is 0 Å². The Labute approximate surface area is 191 Å². The largest absolute Gasteiger partial charge is 0.347 e. The molecular weight excluding hydrogens is 380 g/mol. The van der Waals surface area contributed by atoms with Crippen LogP contribution in [0.15, 0.2) is 11.6 Å². The van der Waals surface area contributed by atoms with Crippen LogP contribution >= 0.6 is 0 Å². The third-order valence-electron chi connectivity index (χ3n) is 11.1. The van der Waals surface area contributed by atoms with Gasteiger partial charge in [0.2, 0.25) is 0 Å². The summed E-state index contributed by atoms with van der Waals surface area (Å²) in [6.45, 7) is 14.2. The molecule has 7 atom stereocenters. The molecule has 1 spiro atoms. The number of rotatable bonds is 5. The van der Waals surface area contributed by atoms with Crippen LogP contribution in [0.4, 0.5) is 0 Å². The maximum absolute atomic E-state index is 6.12. The van der Waals surface area contributed by atoms with E-state index in [9.17, 15) is 0 Å². The smallest absolute Gasteiger partial charge is 0.172 e. The molecule has 176 valence electrons. The fourth-order valence-corrected chi connectivity index (χ4v) is 9.37. The van der Waals surface area contributed by atoms with Crippen molar-refractivity contribution in [3.63, 3.8) is 0 Å². The first kappa shape index (κ1) is 22.5. The Bertz CT molecular complexity index is 689. The lowest BCUT2D eigenvalue weighted by atomic mass is 9.46. The summed E-state index contributed by atoms with van der Waals surface area (Å²) in [4.78, 5) is 0. The zero-order valence-corrected chi connectivity index (χ0v) is 21.1. The van der Waals surface area contributed by atoms with Crippen molar-refractivity contribution in [1.29, 1.82) is 0 Å². The zero-order chi connectivity index (χ0) is 21.9. The van der Waals surface area contributed by atoms with Gasteiger partial charge in [0.25, 0.3) is 0 Å². The molecule has 0 bridgehead atoms. The Balaban J connectivity index is 1.31. The van der Waals surface area contributed by atoms with Crippen LogP contribution in [0.5, 0.6) is 0 Å². The Hall–Kier alpha value is -0.340. The topological polar surface area (TPSA) is 18.5 Å². The van der Waals surface area contributed by atoms with E-state index < -0.39 is 0 Å². The van der Waals surface area contributed by atoms with Crippen molar-refractivity contribution in [3.8, 4) is 0 Å². The predicted molar refractivity (Wildman–Crippen MR) is 128 cm³/mol. The molecule has 0 aromatic carbocycles. The van der Waals surface area contributed by atoms with E-state index in [1.54, 1.807) is 5.57 Å². The molecule has 4 aliphatic carbocycles. The molecule has 2 heteroatoms. The number of allylic oxidation sites excluding steroid dienone is 1. The van der Waals surface area contributed by atoms with Crippen LogP contribution in [0.2, 0.25) is 0 Å². The van der Waals surface area contributed by atoms with Crippen molar-refractivity contribution in [2.75, 3.05) is 13.2 Å². The van der Waals surface area contributed by atoms with Crippen LogP contribution < -0.4 is 0 Å². The average molecular weight is 429 g/mol. The molecule has 0 aromatic rings. The highest BCUT2D eigenvalue weighted by atomic mass is 16.7. The van der Waals surface area contributed by atoms with E-state index in [2.05, 4.69) is 40.7 Å². The van der Waals surface area contributed by atoms with Crippen LogP contribution in [0.25, 0.3) is 0 Å². The van der Waals surface area contributed by atoms with Gasteiger partial charge in [-0.3, -0.25) is 0 Å². The summed E-state index contributed by atoms with van der Waals surface area (Å²) < 4.78 is 12.2. The Morgan fingerprint density at radius 3 is 2.45 bits per heavy atom. The summed E-state index contributed by atoms with van der Waals surface area (Å²) in [5.74, 6) is 5.20. The minimum atomic E-state index is -0.273. The highest BCUT2D eigenvalue weighted by Gasteiger charge is 2.60. The SMILES string of the molecule is CC(C)CCC[C@@H](C)[C@@H]1CC[C@@H]2[C@H]3CC=C4CC5(CC[C@]4(C)[C@@H]3CC[C@]21C)OCCO5. The van der Waals surface area contributed by atoms with E-state index in [1.165, 1.54) is 57.8 Å². The summed E-state index contributed by atoms with van der Waals surface area (Å²) in [6.07, 6.45) is 17.6. The molecule has 1 saturated heterocycles. The minimum absolute atomic E-state index is 0.273. The van der Waals surface area contributed by atoms with Gasteiger partial charge in [0.1, 0.15) is 0 Å². The highest BCUT2D eigenvalue weighted by molar-refractivity contribution is 5.26. The summed E-state index contributed by atoms with van der Waals surface area (Å²) in [7, 11) is 0. The van der Waals surface area contributed by atoms with Crippen molar-refractivity contribution in [2.45, 2.75) is 111 Å². The van der Waals surface area contributed by atoms with Crippen LogP contribution in [0, 0.1) is 46.3 Å². The molecule has 0 aromatic heterocycles. The van der Waals surface area contributed by atoms with Crippen molar-refractivity contribution in [2.24, 2.45) is 46.3 Å². The third kappa shape index (κ3) is 3.67. The van der Waals surface area contributed by atoms with E-state index in [-0.39, 0.29) is 5.79 Å². The molecule has 5 rings (SSSR count). The van der Waals surface area contributed by atoms with Gasteiger partial charge >= 0.3 is 0 Å². The molecule has 4 fully saturated rings. The van der Waals surface area contributed by atoms with Gasteiger partial charge in [-0.2, -0.15) is 0 Å². The number of hydrogen-bond acceptors (Lipinski definition) is 2. The molecule has 1 aliphatic heterocycles. The molecule has 31 heavy (non-hydrogen) atoms. The maximum atomic E-state index is 6.12. The molecule has 1 heterocycles. The van der Waals surface area contributed by atoms with Gasteiger partial charge in [0, 0.05) is 12.8 Å². The van der Waals surface area contributed by atoms with E-state index in [4.69, 9.17) is 9.47 Å². The van der Waals surface area contributed by atoms with Crippen LogP contribution in [-0.2, 0) is 9.47 Å². The van der Waals surface area contributed by atoms with E-state index in [0.29, 0.717) is 10.8 Å². The lowest BCUT2D eigenvalue weighted by Crippen LogP contribution is -2.52. The fraction of sp³-hybridized carbons (Fsp3) is 0.931. The fourth-order valence-electron chi connectivity index (χ4n) is 9.37. The van der Waals surface area contributed by atoms with Gasteiger partial charge in [-0.05, 0) is 84.9 Å². The second-order valence-electron chi connectivity index (χ2n) is 13.1. The first-order chi connectivity index (χ1) is 14.8. The van der Waals surface area contributed by atoms with Gasteiger partial charge in [0.15, 0.2) is 5.79 Å². The molecule has 0 unspecified atom stereocenters.